The van der Waals surface area contributed by atoms with E-state index in [1.165, 1.54) is 6.92 Å². The van der Waals surface area contributed by atoms with E-state index in [1.807, 2.05) is 19.1 Å². The number of aromatic nitrogens is 1. The lowest BCUT2D eigenvalue weighted by atomic mass is 9.95. The Kier molecular flexibility index (Phi) is 3.79. The molecule has 106 valence electrons. The van der Waals surface area contributed by atoms with E-state index in [4.69, 9.17) is 0 Å². The molecule has 2 aromatic rings. The maximum absolute atomic E-state index is 12.2. The average molecular weight is 274 g/mol. The first-order valence-electron chi connectivity index (χ1n) is 6.59. The molecular weight excluding hydrogens is 256 g/mol. The van der Waals surface area contributed by atoms with Crippen molar-refractivity contribution < 1.29 is 14.7 Å². The Balaban J connectivity index is 2.23. The van der Waals surface area contributed by atoms with Gasteiger partial charge in [-0.05, 0) is 36.9 Å². The number of carbonyl (C=O) groups excluding carboxylic acids is 1. The Morgan fingerprint density at radius 3 is 2.75 bits per heavy atom. The molecule has 0 aliphatic rings. The van der Waals surface area contributed by atoms with E-state index in [0.29, 0.717) is 18.4 Å². The first-order valence-corrected chi connectivity index (χ1v) is 6.59. The van der Waals surface area contributed by atoms with Gasteiger partial charge in [0.2, 0.25) is 0 Å². The summed E-state index contributed by atoms with van der Waals surface area (Å²) < 4.78 is 0. The molecule has 0 aliphatic heterocycles. The minimum absolute atomic E-state index is 0.375. The summed E-state index contributed by atoms with van der Waals surface area (Å²) in [6.07, 6.45) is 2.86. The van der Waals surface area contributed by atoms with Gasteiger partial charge in [0.1, 0.15) is 5.54 Å². The van der Waals surface area contributed by atoms with E-state index in [9.17, 15) is 14.7 Å². The molecule has 1 unspecified atom stereocenters. The third-order valence-corrected chi connectivity index (χ3v) is 3.43. The van der Waals surface area contributed by atoms with Gasteiger partial charge in [0.15, 0.2) is 0 Å². The van der Waals surface area contributed by atoms with Gasteiger partial charge in [-0.1, -0.05) is 19.4 Å². The third-order valence-electron chi connectivity index (χ3n) is 3.43. The minimum atomic E-state index is -1.24. The van der Waals surface area contributed by atoms with E-state index in [1.54, 1.807) is 18.3 Å². The highest BCUT2D eigenvalue weighted by atomic mass is 16.4. The molecule has 0 fully saturated rings. The van der Waals surface area contributed by atoms with E-state index >= 15 is 0 Å². The Labute approximate surface area is 117 Å². The maximum Gasteiger partial charge on any atom is 0.329 e. The van der Waals surface area contributed by atoms with Gasteiger partial charge in [0.05, 0.1) is 0 Å². The minimum Gasteiger partial charge on any atom is -0.480 e. The second kappa shape index (κ2) is 5.36. The number of carboxylic acids is 1. The van der Waals surface area contributed by atoms with Crippen molar-refractivity contribution >= 4 is 22.8 Å². The number of hydrogen-bond donors (Lipinski definition) is 3. The van der Waals surface area contributed by atoms with Crippen LogP contribution in [0.2, 0.25) is 0 Å². The van der Waals surface area contributed by atoms with Crippen molar-refractivity contribution in [3.63, 3.8) is 0 Å². The molecule has 5 nitrogen and oxygen atoms in total. The molecule has 0 aliphatic carbocycles. The summed E-state index contributed by atoms with van der Waals surface area (Å²) in [6.45, 7) is 3.42. The highest BCUT2D eigenvalue weighted by Crippen LogP contribution is 2.17. The summed E-state index contributed by atoms with van der Waals surface area (Å²) in [5, 5.41) is 12.9. The summed E-state index contributed by atoms with van der Waals surface area (Å²) in [7, 11) is 0. The number of carbonyl (C=O) groups is 2. The first kappa shape index (κ1) is 14.1. The Morgan fingerprint density at radius 2 is 2.10 bits per heavy atom. The fraction of sp³-hybridized carbons (Fsp3) is 0.333. The molecule has 20 heavy (non-hydrogen) atoms. The molecule has 1 aromatic carbocycles. The molecule has 1 aromatic heterocycles. The molecule has 0 saturated carbocycles. The molecule has 0 radical (unpaired) electrons. The highest BCUT2D eigenvalue weighted by molar-refractivity contribution is 6.00. The number of hydrogen-bond acceptors (Lipinski definition) is 2. The van der Waals surface area contributed by atoms with Gasteiger partial charge in [-0.3, -0.25) is 4.79 Å². The van der Waals surface area contributed by atoms with Crippen molar-refractivity contribution in [2.75, 3.05) is 0 Å². The lowest BCUT2D eigenvalue weighted by molar-refractivity contribution is -0.144. The number of fused-ring (bicyclic) bond motifs is 1. The monoisotopic (exact) mass is 274 g/mol. The number of nitrogens with one attached hydrogen (secondary N) is 2. The van der Waals surface area contributed by atoms with E-state index in [2.05, 4.69) is 10.3 Å². The van der Waals surface area contributed by atoms with Gasteiger partial charge in [-0.15, -0.1) is 0 Å². The molecule has 0 saturated heterocycles. The molecule has 3 N–H and O–H groups in total. The Morgan fingerprint density at radius 1 is 1.35 bits per heavy atom. The second-order valence-corrected chi connectivity index (χ2v) is 5.12. The quantitative estimate of drug-likeness (QED) is 0.783. The number of benzene rings is 1. The summed E-state index contributed by atoms with van der Waals surface area (Å²) in [5.41, 5.74) is 0.0602. The molecule has 5 heteroatoms. The topological polar surface area (TPSA) is 82.2 Å². The summed E-state index contributed by atoms with van der Waals surface area (Å²) in [5.74, 6) is -1.39. The van der Waals surface area contributed by atoms with Gasteiger partial charge >= 0.3 is 5.97 Å². The van der Waals surface area contributed by atoms with Gasteiger partial charge < -0.3 is 15.4 Å². The zero-order valence-electron chi connectivity index (χ0n) is 11.6. The lowest BCUT2D eigenvalue weighted by Crippen LogP contribution is -2.52. The van der Waals surface area contributed by atoms with Crippen LogP contribution in [0.25, 0.3) is 10.9 Å². The van der Waals surface area contributed by atoms with Crippen molar-refractivity contribution in [2.45, 2.75) is 32.2 Å². The number of carboxylic acid groups (broad SMARTS) is 1. The normalized spacial score (nSPS) is 13.9. The maximum atomic E-state index is 12.2. The zero-order valence-corrected chi connectivity index (χ0v) is 11.6. The van der Waals surface area contributed by atoms with Crippen molar-refractivity contribution in [1.29, 1.82) is 0 Å². The van der Waals surface area contributed by atoms with Crippen LogP contribution in [0.3, 0.4) is 0 Å². The van der Waals surface area contributed by atoms with Crippen LogP contribution in [0, 0.1) is 0 Å². The molecular formula is C15H18N2O3. The summed E-state index contributed by atoms with van der Waals surface area (Å²) in [6, 6.07) is 7.16. The SMILES string of the molecule is CCCC(C)(NC(=O)c1ccc2cc[nH]c2c1)C(=O)O. The van der Waals surface area contributed by atoms with Crippen LogP contribution in [-0.4, -0.2) is 27.5 Å². The zero-order chi connectivity index (χ0) is 14.8. The number of amides is 1. The smallest absolute Gasteiger partial charge is 0.329 e. The number of H-pyrrole nitrogens is 1. The fourth-order valence-corrected chi connectivity index (χ4v) is 2.23. The number of aliphatic carboxylic acids is 1. The average Bonchev–Trinajstić information content (AvgIpc) is 2.85. The summed E-state index contributed by atoms with van der Waals surface area (Å²) in [4.78, 5) is 26.6. The number of aromatic amines is 1. The third kappa shape index (κ3) is 2.66. The van der Waals surface area contributed by atoms with Crippen molar-refractivity contribution in [2.24, 2.45) is 0 Å². The largest absolute Gasteiger partial charge is 0.480 e. The van der Waals surface area contributed by atoms with Crippen molar-refractivity contribution in [3.8, 4) is 0 Å². The van der Waals surface area contributed by atoms with Crippen molar-refractivity contribution in [1.82, 2.24) is 10.3 Å². The molecule has 0 spiro atoms. The van der Waals surface area contributed by atoms with Gasteiger partial charge in [0, 0.05) is 17.3 Å². The molecule has 1 amide bonds. The van der Waals surface area contributed by atoms with Crippen LogP contribution in [0.5, 0.6) is 0 Å². The predicted octanol–water partition coefficient (Wildman–Crippen LogP) is 2.54. The van der Waals surface area contributed by atoms with Crippen LogP contribution in [0.1, 0.15) is 37.0 Å². The summed E-state index contributed by atoms with van der Waals surface area (Å²) >= 11 is 0. The molecule has 0 bridgehead atoms. The van der Waals surface area contributed by atoms with Crippen LogP contribution in [0.15, 0.2) is 30.5 Å². The highest BCUT2D eigenvalue weighted by Gasteiger charge is 2.34. The van der Waals surface area contributed by atoms with Crippen LogP contribution < -0.4 is 5.32 Å². The van der Waals surface area contributed by atoms with E-state index in [-0.39, 0.29) is 5.91 Å². The van der Waals surface area contributed by atoms with Crippen LogP contribution in [0.4, 0.5) is 0 Å². The van der Waals surface area contributed by atoms with Crippen LogP contribution in [-0.2, 0) is 4.79 Å². The van der Waals surface area contributed by atoms with Gasteiger partial charge in [-0.2, -0.15) is 0 Å². The Bertz CT molecular complexity index is 647. The van der Waals surface area contributed by atoms with E-state index in [0.717, 1.165) is 10.9 Å². The van der Waals surface area contributed by atoms with Gasteiger partial charge in [0.25, 0.3) is 5.91 Å². The first-order chi connectivity index (χ1) is 9.46. The lowest BCUT2D eigenvalue weighted by Gasteiger charge is -2.25. The Hall–Kier alpha value is -2.30. The van der Waals surface area contributed by atoms with Gasteiger partial charge in [-0.25, -0.2) is 4.79 Å². The second-order valence-electron chi connectivity index (χ2n) is 5.12. The molecule has 1 heterocycles. The standard InChI is InChI=1S/C15H18N2O3/c1-3-7-15(2,14(19)20)17-13(18)11-5-4-10-6-8-16-12(10)9-11/h4-6,8-9,16H,3,7H2,1-2H3,(H,17,18)(H,19,20). The number of rotatable bonds is 5. The predicted molar refractivity (Wildman–Crippen MR) is 76.7 cm³/mol. The van der Waals surface area contributed by atoms with Crippen molar-refractivity contribution in [3.05, 3.63) is 36.0 Å². The molecule has 1 atom stereocenters. The fourth-order valence-electron chi connectivity index (χ4n) is 2.23. The molecule has 2 rings (SSSR count). The van der Waals surface area contributed by atoms with E-state index < -0.39 is 11.5 Å². The van der Waals surface area contributed by atoms with Crippen LogP contribution >= 0.6 is 0 Å².